The summed E-state index contributed by atoms with van der Waals surface area (Å²) < 4.78 is 90.0. The van der Waals surface area contributed by atoms with E-state index in [1.54, 1.807) is 69.5 Å². The molecule has 60 heavy (non-hydrogen) atoms. The number of nitrogens with zero attached hydrogens (tertiary/aromatic N) is 2. The molecule has 1 atom stereocenters. The van der Waals surface area contributed by atoms with Crippen molar-refractivity contribution in [1.82, 2.24) is 4.57 Å². The third-order valence-corrected chi connectivity index (χ3v) is 14.1. The Morgan fingerprint density at radius 1 is 0.717 bits per heavy atom. The molecule has 310 valence electrons. The van der Waals surface area contributed by atoms with Crippen molar-refractivity contribution in [1.29, 1.82) is 0 Å². The number of hydrogen-bond acceptors (Lipinski definition) is 8. The standard InChI is InChI=1S/C47H47N3O8S2/c1-28-16-20-35(21-17-28)59(51,52)48-38-24-30(3)46(55-7)32(5)44(38)50(60(53,54)36-22-18-29(2)19-23-36)41-25-31(4)47(56-8)33(6)45(41)49-39-13-10-9-12-37(39)43-40(49)14-11-15-42(43)58-27-34-26-57-34/h9-25,34,48H,26-27H2,1-8H3. The zero-order chi connectivity index (χ0) is 42.7. The molecule has 1 saturated heterocycles. The van der Waals surface area contributed by atoms with Crippen LogP contribution in [-0.2, 0) is 24.8 Å². The van der Waals surface area contributed by atoms with Gasteiger partial charge in [0.15, 0.2) is 0 Å². The summed E-state index contributed by atoms with van der Waals surface area (Å²) in [6, 6.07) is 30.2. The minimum Gasteiger partial charge on any atom is -0.496 e. The average Bonchev–Trinajstić information content (AvgIpc) is 3.99. The van der Waals surface area contributed by atoms with Crippen molar-refractivity contribution in [2.45, 2.75) is 57.4 Å². The number of epoxide rings is 1. The molecule has 1 fully saturated rings. The maximum Gasteiger partial charge on any atom is 0.268 e. The van der Waals surface area contributed by atoms with Gasteiger partial charge in [0, 0.05) is 21.9 Å². The van der Waals surface area contributed by atoms with Crippen LogP contribution in [-0.4, -0.2) is 54.9 Å². The maximum atomic E-state index is 15.8. The Morgan fingerprint density at radius 2 is 1.30 bits per heavy atom. The van der Waals surface area contributed by atoms with Gasteiger partial charge in [-0.15, -0.1) is 0 Å². The van der Waals surface area contributed by atoms with E-state index in [0.717, 1.165) is 32.9 Å². The fourth-order valence-electron chi connectivity index (χ4n) is 8.10. The second-order valence-corrected chi connectivity index (χ2v) is 18.7. The van der Waals surface area contributed by atoms with Crippen LogP contribution in [0.15, 0.2) is 113 Å². The van der Waals surface area contributed by atoms with E-state index in [0.29, 0.717) is 58.4 Å². The van der Waals surface area contributed by atoms with Gasteiger partial charge in [0.1, 0.15) is 30.0 Å². The van der Waals surface area contributed by atoms with Crippen LogP contribution in [0, 0.1) is 41.5 Å². The first kappa shape index (κ1) is 40.7. The predicted octanol–water partition coefficient (Wildman–Crippen LogP) is 9.76. The van der Waals surface area contributed by atoms with E-state index in [1.807, 2.05) is 74.7 Å². The normalized spacial score (nSPS) is 14.0. The summed E-state index contributed by atoms with van der Waals surface area (Å²) in [6.45, 7) is 12.1. The molecule has 0 radical (unpaired) electrons. The van der Waals surface area contributed by atoms with Crippen molar-refractivity contribution >= 4 is 58.9 Å². The summed E-state index contributed by atoms with van der Waals surface area (Å²) in [5, 5.41) is 1.73. The van der Waals surface area contributed by atoms with Crippen LogP contribution in [0.2, 0.25) is 0 Å². The van der Waals surface area contributed by atoms with Crippen LogP contribution in [0.4, 0.5) is 17.1 Å². The number of aryl methyl sites for hydroxylation is 4. The summed E-state index contributed by atoms with van der Waals surface area (Å²) in [5.41, 5.74) is 6.44. The predicted molar refractivity (Wildman–Crippen MR) is 237 cm³/mol. The molecule has 0 amide bonds. The number of benzene rings is 6. The second kappa shape index (κ2) is 15.5. The summed E-state index contributed by atoms with van der Waals surface area (Å²) in [6.07, 6.45) is 0.0247. The van der Waals surface area contributed by atoms with E-state index in [-0.39, 0.29) is 33.0 Å². The smallest absolute Gasteiger partial charge is 0.268 e. The molecule has 1 unspecified atom stereocenters. The van der Waals surface area contributed by atoms with Gasteiger partial charge in [-0.05, 0) is 107 Å². The molecule has 11 nitrogen and oxygen atoms in total. The highest BCUT2D eigenvalue weighted by Gasteiger charge is 2.37. The minimum absolute atomic E-state index is 0.00309. The molecule has 1 aliphatic heterocycles. The Labute approximate surface area is 351 Å². The van der Waals surface area contributed by atoms with Crippen LogP contribution < -0.4 is 23.2 Å². The van der Waals surface area contributed by atoms with Gasteiger partial charge in [0.05, 0.1) is 64.4 Å². The Morgan fingerprint density at radius 3 is 1.93 bits per heavy atom. The molecule has 1 aromatic heterocycles. The Hall–Kier alpha value is -6.02. The number of rotatable bonds is 13. The van der Waals surface area contributed by atoms with Crippen molar-refractivity contribution in [3.05, 3.63) is 137 Å². The van der Waals surface area contributed by atoms with Crippen molar-refractivity contribution in [3.63, 3.8) is 0 Å². The number of aromatic nitrogens is 1. The van der Waals surface area contributed by atoms with Crippen molar-refractivity contribution in [3.8, 4) is 22.9 Å². The van der Waals surface area contributed by atoms with Crippen molar-refractivity contribution in [2.75, 3.05) is 36.5 Å². The Kier molecular flexibility index (Phi) is 10.6. The van der Waals surface area contributed by atoms with E-state index in [9.17, 15) is 8.42 Å². The molecule has 0 aliphatic carbocycles. The number of methoxy groups -OCH3 is 2. The first-order valence-corrected chi connectivity index (χ1v) is 22.4. The number of ether oxygens (including phenoxy) is 4. The van der Waals surface area contributed by atoms with Gasteiger partial charge in [-0.3, -0.25) is 4.72 Å². The van der Waals surface area contributed by atoms with E-state index in [2.05, 4.69) is 4.72 Å². The fraction of sp³-hybridized carbons (Fsp3) is 0.234. The first-order chi connectivity index (χ1) is 28.7. The molecule has 7 aromatic rings. The van der Waals surface area contributed by atoms with Gasteiger partial charge in [-0.1, -0.05) is 59.7 Å². The van der Waals surface area contributed by atoms with Gasteiger partial charge >= 0.3 is 0 Å². The maximum absolute atomic E-state index is 15.8. The number of para-hydroxylation sites is 1. The van der Waals surface area contributed by atoms with Crippen LogP contribution in [0.5, 0.6) is 17.2 Å². The SMILES string of the molecule is COc1c(C)cc(NS(=O)(=O)c2ccc(C)cc2)c(N(c2cc(C)c(OC)c(C)c2-n2c3ccccc3c3c(OCC4CO4)cccc32)S(=O)(=O)c2ccc(C)cc2)c1C. The lowest BCUT2D eigenvalue weighted by atomic mass is 10.0. The monoisotopic (exact) mass is 845 g/mol. The highest BCUT2D eigenvalue weighted by Crippen LogP contribution is 2.50. The highest BCUT2D eigenvalue weighted by atomic mass is 32.2. The van der Waals surface area contributed by atoms with E-state index in [4.69, 9.17) is 18.9 Å². The third-order valence-electron chi connectivity index (χ3n) is 11.0. The van der Waals surface area contributed by atoms with E-state index >= 15 is 8.42 Å². The Balaban J connectivity index is 1.51. The molecule has 8 rings (SSSR count). The first-order valence-electron chi connectivity index (χ1n) is 19.5. The van der Waals surface area contributed by atoms with Gasteiger partial charge in [0.25, 0.3) is 20.0 Å². The number of fused-ring (bicyclic) bond motifs is 3. The zero-order valence-electron chi connectivity index (χ0n) is 34.8. The summed E-state index contributed by atoms with van der Waals surface area (Å²) in [7, 11) is -5.73. The molecular formula is C47H47N3O8S2. The quantitative estimate of drug-likeness (QED) is 0.114. The highest BCUT2D eigenvalue weighted by molar-refractivity contribution is 7.93. The van der Waals surface area contributed by atoms with Crippen molar-refractivity contribution in [2.24, 2.45) is 0 Å². The molecule has 2 heterocycles. The summed E-state index contributed by atoms with van der Waals surface area (Å²) in [4.78, 5) is 0.0168. The molecule has 1 N–H and O–H groups in total. The molecule has 0 saturated carbocycles. The third kappa shape index (κ3) is 7.10. The fourth-order valence-corrected chi connectivity index (χ4v) is 10.7. The van der Waals surface area contributed by atoms with Gasteiger partial charge < -0.3 is 23.5 Å². The molecule has 1 aliphatic rings. The number of anilines is 3. The topological polar surface area (TPSA) is 129 Å². The van der Waals surface area contributed by atoms with Gasteiger partial charge in [-0.25, -0.2) is 21.1 Å². The summed E-state index contributed by atoms with van der Waals surface area (Å²) in [5.74, 6) is 1.62. The average molecular weight is 846 g/mol. The number of hydrogen-bond donors (Lipinski definition) is 1. The van der Waals surface area contributed by atoms with E-state index < -0.39 is 20.0 Å². The minimum atomic E-state index is -4.57. The van der Waals surface area contributed by atoms with Crippen molar-refractivity contribution < 1.29 is 35.8 Å². The molecule has 6 aromatic carbocycles. The molecule has 13 heteroatoms. The Bertz CT molecular complexity index is 3030. The van der Waals surface area contributed by atoms with Crippen LogP contribution >= 0.6 is 0 Å². The number of sulfonamides is 2. The molecule has 0 bridgehead atoms. The lowest BCUT2D eigenvalue weighted by molar-refractivity contribution is 0.265. The van der Waals surface area contributed by atoms with Crippen LogP contribution in [0.1, 0.15) is 33.4 Å². The largest absolute Gasteiger partial charge is 0.496 e. The zero-order valence-corrected chi connectivity index (χ0v) is 36.4. The molecular weight excluding hydrogens is 799 g/mol. The lowest BCUT2D eigenvalue weighted by Gasteiger charge is -2.33. The molecule has 0 spiro atoms. The number of nitrogens with one attached hydrogen (secondary N) is 1. The van der Waals surface area contributed by atoms with E-state index in [1.165, 1.54) is 23.5 Å². The lowest BCUT2D eigenvalue weighted by Crippen LogP contribution is -2.30. The van der Waals surface area contributed by atoms with Crippen LogP contribution in [0.25, 0.3) is 27.5 Å². The summed E-state index contributed by atoms with van der Waals surface area (Å²) >= 11 is 0. The second-order valence-electron chi connectivity index (χ2n) is 15.2. The van der Waals surface area contributed by atoms with Gasteiger partial charge in [0.2, 0.25) is 0 Å². The van der Waals surface area contributed by atoms with Crippen LogP contribution in [0.3, 0.4) is 0 Å². The van der Waals surface area contributed by atoms with Gasteiger partial charge in [-0.2, -0.15) is 0 Å².